The number of benzene rings is 2. The lowest BCUT2D eigenvalue weighted by atomic mass is 10.2. The van der Waals surface area contributed by atoms with E-state index >= 15 is 0 Å². The van der Waals surface area contributed by atoms with Crippen molar-refractivity contribution in [1.29, 1.82) is 0 Å². The van der Waals surface area contributed by atoms with Gasteiger partial charge in [-0.3, -0.25) is 4.79 Å². The van der Waals surface area contributed by atoms with Crippen LogP contribution < -0.4 is 5.32 Å². The Balaban J connectivity index is 1.72. The first-order chi connectivity index (χ1) is 12.8. The zero-order chi connectivity index (χ0) is 19.4. The molecule has 0 bridgehead atoms. The molecule has 6 nitrogen and oxygen atoms in total. The van der Waals surface area contributed by atoms with Gasteiger partial charge in [0.05, 0.1) is 16.8 Å². The Bertz CT molecular complexity index is 1100. The summed E-state index contributed by atoms with van der Waals surface area (Å²) in [6.45, 7) is 1.80. The number of hydrogen-bond donors (Lipinski definition) is 1. The van der Waals surface area contributed by atoms with Gasteiger partial charge in [0.15, 0.2) is 9.84 Å². The highest BCUT2D eigenvalue weighted by atomic mass is 32.2. The van der Waals surface area contributed by atoms with Crippen LogP contribution in [0.4, 0.5) is 5.69 Å². The van der Waals surface area contributed by atoms with Crippen molar-refractivity contribution >= 4 is 27.5 Å². The van der Waals surface area contributed by atoms with Gasteiger partial charge in [0.25, 0.3) is 0 Å². The summed E-state index contributed by atoms with van der Waals surface area (Å²) in [5.74, 6) is -0.351. The van der Waals surface area contributed by atoms with Crippen LogP contribution in [-0.4, -0.2) is 30.4 Å². The second-order valence-electron chi connectivity index (χ2n) is 6.13. The van der Waals surface area contributed by atoms with Gasteiger partial charge in [-0.1, -0.05) is 24.3 Å². The lowest BCUT2D eigenvalue weighted by Crippen LogP contribution is -2.10. The van der Waals surface area contributed by atoms with Gasteiger partial charge in [-0.25, -0.2) is 13.1 Å². The Labute approximate surface area is 158 Å². The van der Waals surface area contributed by atoms with E-state index in [0.29, 0.717) is 5.69 Å². The molecule has 27 heavy (non-hydrogen) atoms. The molecule has 1 amide bonds. The molecule has 1 heterocycles. The van der Waals surface area contributed by atoms with Crippen LogP contribution in [0.3, 0.4) is 0 Å². The van der Waals surface area contributed by atoms with Crippen molar-refractivity contribution in [3.05, 3.63) is 78.1 Å². The van der Waals surface area contributed by atoms with Crippen molar-refractivity contribution in [3.8, 4) is 5.69 Å². The first-order valence-electron chi connectivity index (χ1n) is 8.23. The van der Waals surface area contributed by atoms with Gasteiger partial charge in [-0.05, 0) is 42.8 Å². The first-order valence-corrected chi connectivity index (χ1v) is 10.1. The lowest BCUT2D eigenvalue weighted by molar-refractivity contribution is -0.111. The first kappa shape index (κ1) is 18.6. The monoisotopic (exact) mass is 381 g/mol. The molecule has 0 saturated carbocycles. The largest absolute Gasteiger partial charge is 0.322 e. The molecule has 138 valence electrons. The molecule has 0 atom stereocenters. The minimum absolute atomic E-state index is 0.163. The Morgan fingerprint density at radius 2 is 1.89 bits per heavy atom. The number of carbonyl (C=O) groups excluding carboxylic acids is 1. The second-order valence-corrected chi connectivity index (χ2v) is 8.14. The third-order valence-electron chi connectivity index (χ3n) is 3.95. The number of carbonyl (C=O) groups is 1. The molecule has 2 aromatic carbocycles. The average molecular weight is 381 g/mol. The van der Waals surface area contributed by atoms with Gasteiger partial charge >= 0.3 is 0 Å². The molecule has 7 heteroatoms. The number of sulfone groups is 1. The molecule has 0 unspecified atom stereocenters. The van der Waals surface area contributed by atoms with Crippen LogP contribution in [0.25, 0.3) is 11.8 Å². The molecule has 0 fully saturated rings. The number of hydrogen-bond acceptors (Lipinski definition) is 4. The minimum atomic E-state index is -3.34. The number of nitrogens with zero attached hydrogens (tertiary/aromatic N) is 2. The summed E-state index contributed by atoms with van der Waals surface area (Å²) >= 11 is 0. The van der Waals surface area contributed by atoms with E-state index in [1.165, 1.54) is 18.2 Å². The molecule has 1 N–H and O–H groups in total. The predicted molar refractivity (Wildman–Crippen MR) is 106 cm³/mol. The smallest absolute Gasteiger partial charge is 0.248 e. The third-order valence-corrected chi connectivity index (χ3v) is 5.06. The second kappa shape index (κ2) is 7.59. The summed E-state index contributed by atoms with van der Waals surface area (Å²) in [5, 5.41) is 6.98. The molecular weight excluding hydrogens is 362 g/mol. The molecular formula is C20H19N3O3S. The van der Waals surface area contributed by atoms with Crippen molar-refractivity contribution in [2.75, 3.05) is 11.6 Å². The van der Waals surface area contributed by atoms with Crippen LogP contribution >= 0.6 is 0 Å². The Morgan fingerprint density at radius 3 is 2.59 bits per heavy atom. The van der Waals surface area contributed by atoms with Crippen molar-refractivity contribution in [1.82, 2.24) is 9.78 Å². The van der Waals surface area contributed by atoms with Gasteiger partial charge in [-0.2, -0.15) is 5.10 Å². The summed E-state index contributed by atoms with van der Waals surface area (Å²) in [6, 6.07) is 14.3. The molecule has 1 aromatic heterocycles. The molecule has 3 aromatic rings. The minimum Gasteiger partial charge on any atom is -0.322 e. The maximum atomic E-state index is 12.2. The zero-order valence-corrected chi connectivity index (χ0v) is 15.8. The highest BCUT2D eigenvalue weighted by molar-refractivity contribution is 7.90. The SMILES string of the molecule is Cc1ccc(S(C)(=O)=O)cc1NC(=O)/C=C/c1cnn(-c2ccccc2)c1. The predicted octanol–water partition coefficient (Wildman–Crippen LogP) is 3.24. The van der Waals surface area contributed by atoms with Crippen LogP contribution in [0.2, 0.25) is 0 Å². The van der Waals surface area contributed by atoms with Crippen molar-refractivity contribution in [2.45, 2.75) is 11.8 Å². The van der Waals surface area contributed by atoms with E-state index in [-0.39, 0.29) is 10.8 Å². The molecule has 0 radical (unpaired) electrons. The van der Waals surface area contributed by atoms with Gasteiger partial charge in [0.1, 0.15) is 0 Å². The van der Waals surface area contributed by atoms with E-state index in [2.05, 4.69) is 10.4 Å². The number of amides is 1. The summed E-state index contributed by atoms with van der Waals surface area (Å²) in [6.07, 6.45) is 7.64. The number of aryl methyl sites for hydroxylation is 1. The van der Waals surface area contributed by atoms with Crippen LogP contribution in [0, 0.1) is 6.92 Å². The van der Waals surface area contributed by atoms with Crippen LogP contribution in [-0.2, 0) is 14.6 Å². The van der Waals surface area contributed by atoms with Gasteiger partial charge in [0.2, 0.25) is 5.91 Å². The van der Waals surface area contributed by atoms with E-state index in [0.717, 1.165) is 23.1 Å². The average Bonchev–Trinajstić information content (AvgIpc) is 3.11. The number of para-hydroxylation sites is 1. The van der Waals surface area contributed by atoms with E-state index in [4.69, 9.17) is 0 Å². The quantitative estimate of drug-likeness (QED) is 0.688. The maximum Gasteiger partial charge on any atom is 0.248 e. The Hall–Kier alpha value is -3.19. The van der Waals surface area contributed by atoms with E-state index in [1.54, 1.807) is 29.9 Å². The fraction of sp³-hybridized carbons (Fsp3) is 0.100. The summed E-state index contributed by atoms with van der Waals surface area (Å²) in [7, 11) is -3.34. The highest BCUT2D eigenvalue weighted by Crippen LogP contribution is 2.20. The van der Waals surface area contributed by atoms with Gasteiger partial charge in [-0.15, -0.1) is 0 Å². The zero-order valence-electron chi connectivity index (χ0n) is 15.0. The lowest BCUT2D eigenvalue weighted by Gasteiger charge is -2.08. The molecule has 0 saturated heterocycles. The molecule has 0 aliphatic carbocycles. The molecule has 0 aliphatic rings. The van der Waals surface area contributed by atoms with Crippen molar-refractivity contribution in [2.24, 2.45) is 0 Å². The fourth-order valence-corrected chi connectivity index (χ4v) is 3.10. The van der Waals surface area contributed by atoms with Gasteiger partial charge < -0.3 is 5.32 Å². The molecule has 0 aliphatic heterocycles. The Morgan fingerprint density at radius 1 is 1.15 bits per heavy atom. The van der Waals surface area contributed by atoms with E-state index in [9.17, 15) is 13.2 Å². The standard InChI is InChI=1S/C20H19N3O3S/c1-15-8-10-18(27(2,25)26)12-19(15)22-20(24)11-9-16-13-21-23(14-16)17-6-4-3-5-7-17/h3-14H,1-2H3,(H,22,24)/b11-9+. The fourth-order valence-electron chi connectivity index (χ4n) is 2.46. The van der Waals surface area contributed by atoms with Crippen molar-refractivity contribution < 1.29 is 13.2 Å². The van der Waals surface area contributed by atoms with Crippen LogP contribution in [0.1, 0.15) is 11.1 Å². The third kappa shape index (κ3) is 4.71. The van der Waals surface area contributed by atoms with E-state index in [1.807, 2.05) is 36.5 Å². The Kier molecular flexibility index (Phi) is 5.23. The van der Waals surface area contributed by atoms with E-state index < -0.39 is 9.84 Å². The van der Waals surface area contributed by atoms with Crippen LogP contribution in [0.15, 0.2) is 71.9 Å². The number of anilines is 1. The topological polar surface area (TPSA) is 81.1 Å². The maximum absolute atomic E-state index is 12.2. The normalized spacial score (nSPS) is 11.6. The number of nitrogens with one attached hydrogen (secondary N) is 1. The summed E-state index contributed by atoms with van der Waals surface area (Å²) < 4.78 is 25.1. The highest BCUT2D eigenvalue weighted by Gasteiger charge is 2.10. The molecule has 3 rings (SSSR count). The number of aromatic nitrogens is 2. The summed E-state index contributed by atoms with van der Waals surface area (Å²) in [5.41, 5.74) is 2.94. The molecule has 0 spiro atoms. The number of rotatable bonds is 5. The van der Waals surface area contributed by atoms with Crippen LogP contribution in [0.5, 0.6) is 0 Å². The summed E-state index contributed by atoms with van der Waals surface area (Å²) in [4.78, 5) is 12.4. The van der Waals surface area contributed by atoms with Gasteiger partial charge in [0, 0.05) is 29.8 Å². The van der Waals surface area contributed by atoms with Crippen molar-refractivity contribution in [3.63, 3.8) is 0 Å².